The van der Waals surface area contributed by atoms with Crippen LogP contribution in [0.1, 0.15) is 19.3 Å². The molecule has 0 aromatic carbocycles. The van der Waals surface area contributed by atoms with Crippen molar-refractivity contribution in [2.45, 2.75) is 19.3 Å². The van der Waals surface area contributed by atoms with Crippen LogP contribution in [0.15, 0.2) is 18.3 Å². The summed E-state index contributed by atoms with van der Waals surface area (Å²) in [6.45, 7) is 3.98. The summed E-state index contributed by atoms with van der Waals surface area (Å²) < 4.78 is 0. The second-order valence-corrected chi connectivity index (χ2v) is 5.35. The van der Waals surface area contributed by atoms with Gasteiger partial charge in [0, 0.05) is 25.7 Å². The molecule has 2 fully saturated rings. The molecule has 0 radical (unpaired) electrons. The maximum absolute atomic E-state index is 12.0. The van der Waals surface area contributed by atoms with Crippen LogP contribution in [-0.4, -0.2) is 37.1 Å². The molecule has 5 heteroatoms. The van der Waals surface area contributed by atoms with Crippen LogP contribution in [0.25, 0.3) is 0 Å². The normalized spacial score (nSPS) is 19.3. The van der Waals surface area contributed by atoms with Crippen molar-refractivity contribution >= 4 is 17.4 Å². The average Bonchev–Trinajstić information content (AvgIpc) is 2.88. The zero-order valence-corrected chi connectivity index (χ0v) is 11.1. The minimum absolute atomic E-state index is 0.0972. The molecule has 0 unspecified atom stereocenters. The maximum atomic E-state index is 12.0. The van der Waals surface area contributed by atoms with Crippen LogP contribution in [0.3, 0.4) is 0 Å². The summed E-state index contributed by atoms with van der Waals surface area (Å²) in [5.74, 6) is 1.51. The summed E-state index contributed by atoms with van der Waals surface area (Å²) in [5.41, 5.74) is 0.849. The van der Waals surface area contributed by atoms with E-state index in [0.717, 1.165) is 37.7 Å². The molecule has 19 heavy (non-hydrogen) atoms. The third kappa shape index (κ3) is 2.87. The summed E-state index contributed by atoms with van der Waals surface area (Å²) in [5, 5.41) is 6.20. The number of hydrogen-bond donors (Lipinski definition) is 2. The summed E-state index contributed by atoms with van der Waals surface area (Å²) in [7, 11) is 0. The van der Waals surface area contributed by atoms with E-state index in [4.69, 9.17) is 0 Å². The second-order valence-electron chi connectivity index (χ2n) is 5.35. The lowest BCUT2D eigenvalue weighted by atomic mass is 9.99. The van der Waals surface area contributed by atoms with Crippen molar-refractivity contribution in [3.63, 3.8) is 0 Å². The summed E-state index contributed by atoms with van der Waals surface area (Å²) >= 11 is 0. The van der Waals surface area contributed by atoms with Gasteiger partial charge in [-0.25, -0.2) is 4.98 Å². The van der Waals surface area contributed by atoms with Gasteiger partial charge in [0.05, 0.1) is 5.69 Å². The zero-order chi connectivity index (χ0) is 13.1. The van der Waals surface area contributed by atoms with Crippen molar-refractivity contribution in [1.82, 2.24) is 10.3 Å². The number of rotatable bonds is 4. The molecule has 1 aromatic rings. The Hall–Kier alpha value is -1.62. The van der Waals surface area contributed by atoms with Crippen molar-refractivity contribution in [3.05, 3.63) is 18.3 Å². The van der Waals surface area contributed by atoms with Crippen molar-refractivity contribution in [3.8, 4) is 0 Å². The van der Waals surface area contributed by atoms with E-state index in [-0.39, 0.29) is 5.91 Å². The number of carbonyl (C=O) groups is 1. The first-order valence-corrected chi connectivity index (χ1v) is 7.03. The molecular weight excluding hydrogens is 240 g/mol. The molecule has 5 nitrogen and oxygen atoms in total. The lowest BCUT2D eigenvalue weighted by Crippen LogP contribution is -2.43. The monoisotopic (exact) mass is 260 g/mol. The summed E-state index contributed by atoms with van der Waals surface area (Å²) in [4.78, 5) is 18.7. The van der Waals surface area contributed by atoms with Gasteiger partial charge in [-0.05, 0) is 44.0 Å². The molecular formula is C14H20N4O. The largest absolute Gasteiger partial charge is 0.355 e. The van der Waals surface area contributed by atoms with Crippen molar-refractivity contribution in [2.75, 3.05) is 36.4 Å². The molecule has 0 saturated carbocycles. The van der Waals surface area contributed by atoms with Gasteiger partial charge in [0.1, 0.15) is 0 Å². The third-order valence-electron chi connectivity index (χ3n) is 3.81. The number of anilines is 2. The number of nitrogens with zero attached hydrogens (tertiary/aromatic N) is 2. The predicted molar refractivity (Wildman–Crippen MR) is 75.3 cm³/mol. The van der Waals surface area contributed by atoms with Crippen molar-refractivity contribution in [1.29, 1.82) is 0 Å². The second kappa shape index (κ2) is 5.57. The van der Waals surface area contributed by atoms with E-state index in [1.165, 1.54) is 12.8 Å². The van der Waals surface area contributed by atoms with Gasteiger partial charge in [0.2, 0.25) is 5.91 Å². The highest BCUT2D eigenvalue weighted by Gasteiger charge is 2.22. The minimum Gasteiger partial charge on any atom is -0.355 e. The Morgan fingerprint density at radius 1 is 1.42 bits per heavy atom. The number of carbonyl (C=O) groups excluding carboxylic acids is 1. The van der Waals surface area contributed by atoms with Gasteiger partial charge in [0.25, 0.3) is 0 Å². The Bertz CT molecular complexity index is 453. The summed E-state index contributed by atoms with van der Waals surface area (Å²) in [6, 6.07) is 3.82. The Labute approximate surface area is 113 Å². The molecule has 3 rings (SSSR count). The van der Waals surface area contributed by atoms with E-state index in [0.29, 0.717) is 12.3 Å². The Morgan fingerprint density at radius 3 is 2.89 bits per heavy atom. The molecule has 0 bridgehead atoms. The molecule has 2 saturated heterocycles. The fourth-order valence-corrected chi connectivity index (χ4v) is 2.63. The first-order chi connectivity index (χ1) is 9.33. The van der Waals surface area contributed by atoms with E-state index in [1.807, 2.05) is 12.1 Å². The molecule has 0 aliphatic carbocycles. The van der Waals surface area contributed by atoms with Gasteiger partial charge < -0.3 is 15.5 Å². The fraction of sp³-hybridized carbons (Fsp3) is 0.571. The molecule has 2 N–H and O–H groups in total. The Kier molecular flexibility index (Phi) is 3.64. The minimum atomic E-state index is 0.0972. The number of amides is 1. The van der Waals surface area contributed by atoms with Crippen LogP contribution in [0, 0.1) is 5.92 Å². The first-order valence-electron chi connectivity index (χ1n) is 7.03. The molecule has 1 amide bonds. The highest BCUT2D eigenvalue weighted by Crippen LogP contribution is 2.26. The molecule has 102 valence electrons. The average molecular weight is 260 g/mol. The molecule has 3 heterocycles. The van der Waals surface area contributed by atoms with Crippen LogP contribution in [-0.2, 0) is 4.79 Å². The van der Waals surface area contributed by atoms with E-state index in [9.17, 15) is 4.79 Å². The Balaban J connectivity index is 1.67. The Morgan fingerprint density at radius 2 is 2.21 bits per heavy atom. The first kappa shape index (κ1) is 12.4. The third-order valence-corrected chi connectivity index (χ3v) is 3.81. The van der Waals surface area contributed by atoms with E-state index in [2.05, 4.69) is 20.5 Å². The number of pyridine rings is 1. The molecule has 0 spiro atoms. The predicted octanol–water partition coefficient (Wildman–Crippen LogP) is 1.23. The van der Waals surface area contributed by atoms with Gasteiger partial charge in [-0.3, -0.25) is 4.79 Å². The zero-order valence-electron chi connectivity index (χ0n) is 11.1. The number of nitrogens with one attached hydrogen (secondary N) is 2. The highest BCUT2D eigenvalue weighted by atomic mass is 16.1. The maximum Gasteiger partial charge on any atom is 0.224 e. The SMILES string of the molecule is O=C(CC1CNC1)Nc1cccnc1N1CCCC1. The van der Waals surface area contributed by atoms with Crippen LogP contribution >= 0.6 is 0 Å². The van der Waals surface area contributed by atoms with Crippen LogP contribution in [0.5, 0.6) is 0 Å². The quantitative estimate of drug-likeness (QED) is 0.855. The van der Waals surface area contributed by atoms with Crippen molar-refractivity contribution in [2.24, 2.45) is 5.92 Å². The van der Waals surface area contributed by atoms with Gasteiger partial charge in [-0.1, -0.05) is 0 Å². The van der Waals surface area contributed by atoms with Gasteiger partial charge in [-0.15, -0.1) is 0 Å². The topological polar surface area (TPSA) is 57.3 Å². The smallest absolute Gasteiger partial charge is 0.224 e. The molecule has 2 aliphatic heterocycles. The lowest BCUT2D eigenvalue weighted by molar-refractivity contribution is -0.117. The van der Waals surface area contributed by atoms with Crippen molar-refractivity contribution < 1.29 is 4.79 Å². The molecule has 2 aliphatic rings. The molecule has 1 aromatic heterocycles. The van der Waals surface area contributed by atoms with Gasteiger partial charge in [0.15, 0.2) is 5.82 Å². The van der Waals surface area contributed by atoms with Crippen LogP contribution in [0.2, 0.25) is 0 Å². The van der Waals surface area contributed by atoms with E-state index in [1.54, 1.807) is 6.20 Å². The number of hydrogen-bond acceptors (Lipinski definition) is 4. The van der Waals surface area contributed by atoms with Gasteiger partial charge in [-0.2, -0.15) is 0 Å². The van der Waals surface area contributed by atoms with Crippen LogP contribution in [0.4, 0.5) is 11.5 Å². The molecule has 0 atom stereocenters. The van der Waals surface area contributed by atoms with E-state index >= 15 is 0 Å². The number of aromatic nitrogens is 1. The summed E-state index contributed by atoms with van der Waals surface area (Å²) in [6.07, 6.45) is 4.80. The van der Waals surface area contributed by atoms with Crippen LogP contribution < -0.4 is 15.5 Å². The standard InChI is InChI=1S/C14H20N4O/c19-13(8-11-9-15-10-11)17-12-4-3-5-16-14(12)18-6-1-2-7-18/h3-5,11,15H,1-2,6-10H2,(H,17,19). The highest BCUT2D eigenvalue weighted by molar-refractivity contribution is 5.93. The van der Waals surface area contributed by atoms with E-state index < -0.39 is 0 Å². The van der Waals surface area contributed by atoms with Gasteiger partial charge >= 0.3 is 0 Å². The lowest BCUT2D eigenvalue weighted by Gasteiger charge is -2.26. The fourth-order valence-electron chi connectivity index (χ4n) is 2.63.